The van der Waals surface area contributed by atoms with Crippen molar-refractivity contribution in [2.24, 2.45) is 10.4 Å². The summed E-state index contributed by atoms with van der Waals surface area (Å²) in [5.74, 6) is 0.656. The van der Waals surface area contributed by atoms with Crippen molar-refractivity contribution in [1.29, 1.82) is 0 Å². The number of hydrogen-bond donors (Lipinski definition) is 0. The first-order chi connectivity index (χ1) is 14.4. The molecule has 3 nitrogen and oxygen atoms in total. The minimum Gasteiger partial charge on any atom is -0.481 e. The third-order valence-corrected chi connectivity index (χ3v) is 5.96. The third-order valence-electron chi connectivity index (χ3n) is 5.96. The van der Waals surface area contributed by atoms with E-state index >= 15 is 0 Å². The van der Waals surface area contributed by atoms with Gasteiger partial charge in [-0.25, -0.2) is 0 Å². The van der Waals surface area contributed by atoms with Crippen molar-refractivity contribution in [1.82, 2.24) is 0 Å². The second kappa shape index (κ2) is 8.81. The van der Waals surface area contributed by atoms with Gasteiger partial charge in [0.2, 0.25) is 5.90 Å². The fourth-order valence-electron chi connectivity index (χ4n) is 4.06. The normalized spacial score (nSPS) is 19.7. The summed E-state index contributed by atoms with van der Waals surface area (Å²) in [6.07, 6.45) is 6.27. The molecular weight excluding hydrogens is 380 g/mol. The third kappa shape index (κ3) is 4.27. The van der Waals surface area contributed by atoms with Crippen LogP contribution in [0.1, 0.15) is 31.0 Å². The van der Waals surface area contributed by atoms with Gasteiger partial charge in [-0.1, -0.05) is 81.6 Å². The first-order valence-corrected chi connectivity index (χ1v) is 10.2. The van der Waals surface area contributed by atoms with Crippen LogP contribution in [0.5, 0.6) is 0 Å². The molecule has 3 heteroatoms. The highest BCUT2D eigenvalue weighted by atomic mass is 16.5. The number of anilines is 1. The zero-order valence-corrected chi connectivity index (χ0v) is 18.0. The van der Waals surface area contributed by atoms with Crippen molar-refractivity contribution in [2.75, 3.05) is 18.6 Å². The van der Waals surface area contributed by atoms with E-state index in [0.29, 0.717) is 12.4 Å². The number of aryl methyl sites for hydroxylation is 1. The lowest BCUT2D eigenvalue weighted by Gasteiger charge is -2.36. The molecule has 4 rings (SSSR count). The number of benzene rings is 2. The highest BCUT2D eigenvalue weighted by Crippen LogP contribution is 2.45. The summed E-state index contributed by atoms with van der Waals surface area (Å²) in [6, 6.07) is 17.1. The largest absolute Gasteiger partial charge is 0.481 e. The molecule has 0 fully saturated rings. The van der Waals surface area contributed by atoms with Gasteiger partial charge in [0.05, 0.1) is 13.7 Å². The Kier molecular flexibility index (Phi) is 6.35. The van der Waals surface area contributed by atoms with Crippen LogP contribution in [-0.2, 0) is 11.3 Å². The molecule has 160 valence electrons. The van der Waals surface area contributed by atoms with E-state index in [1.165, 1.54) is 16.8 Å². The van der Waals surface area contributed by atoms with Crippen molar-refractivity contribution in [2.45, 2.75) is 27.8 Å². The van der Waals surface area contributed by atoms with Gasteiger partial charge >= 0.3 is 0 Å². The van der Waals surface area contributed by atoms with Gasteiger partial charge in [0.15, 0.2) is 0 Å². The Morgan fingerprint density at radius 3 is 2.65 bits per heavy atom. The molecule has 1 atom stereocenters. The molecule has 0 saturated heterocycles. The van der Waals surface area contributed by atoms with Gasteiger partial charge in [0, 0.05) is 35.0 Å². The molecule has 1 unspecified atom stereocenters. The average molecular weight is 413 g/mol. The summed E-state index contributed by atoms with van der Waals surface area (Å²) in [5.41, 5.74) is 7.68. The second-order valence-corrected chi connectivity index (χ2v) is 8.24. The molecule has 0 aliphatic carbocycles. The van der Waals surface area contributed by atoms with Gasteiger partial charge in [-0.3, -0.25) is 4.99 Å². The van der Waals surface area contributed by atoms with Crippen molar-refractivity contribution in [3.63, 3.8) is 0 Å². The number of para-hydroxylation sites is 1. The maximum absolute atomic E-state index is 5.26. The number of aliphatic imine (C=N–C) groups is 1. The molecule has 0 aromatic heterocycles. The smallest absolute Gasteiger partial charge is 0.207 e. The Hall–Kier alpha value is -3.33. The molecule has 0 bridgehead atoms. The minimum absolute atomic E-state index is 0. The van der Waals surface area contributed by atoms with Crippen LogP contribution < -0.4 is 4.90 Å². The zero-order valence-electron chi connectivity index (χ0n) is 18.0. The molecule has 0 amide bonds. The van der Waals surface area contributed by atoms with Crippen LogP contribution in [0, 0.1) is 12.3 Å². The summed E-state index contributed by atoms with van der Waals surface area (Å²) >= 11 is 0. The Balaban J connectivity index is 0.00000272. The highest BCUT2D eigenvalue weighted by Gasteiger charge is 2.33. The number of dihydropyridines is 1. The molecule has 2 aromatic rings. The van der Waals surface area contributed by atoms with E-state index in [2.05, 4.69) is 97.7 Å². The number of methoxy groups -OCH3 is 1. The van der Waals surface area contributed by atoms with Crippen LogP contribution in [-0.4, -0.2) is 19.6 Å². The summed E-state index contributed by atoms with van der Waals surface area (Å²) in [7, 11) is 1.65. The topological polar surface area (TPSA) is 24.8 Å². The molecule has 0 saturated carbocycles. The van der Waals surface area contributed by atoms with E-state index in [0.717, 1.165) is 28.8 Å². The van der Waals surface area contributed by atoms with Crippen LogP contribution in [0.3, 0.4) is 0 Å². The minimum atomic E-state index is -0.280. The van der Waals surface area contributed by atoms with Gasteiger partial charge in [0.1, 0.15) is 0 Å². The predicted octanol–water partition coefficient (Wildman–Crippen LogP) is 6.73. The van der Waals surface area contributed by atoms with Gasteiger partial charge in [-0.2, -0.15) is 0 Å². The lowest BCUT2D eigenvalue weighted by atomic mass is 9.74. The lowest BCUT2D eigenvalue weighted by molar-refractivity contribution is 0.394. The quantitative estimate of drug-likeness (QED) is 0.556. The van der Waals surface area contributed by atoms with Gasteiger partial charge < -0.3 is 9.64 Å². The molecule has 0 radical (unpaired) electrons. The number of allylic oxidation sites excluding steroid dienone is 2. The van der Waals surface area contributed by atoms with E-state index in [9.17, 15) is 0 Å². The standard InChI is InChI=1S/C27H28N2O.CH4/c1-19-9-8-10-22(15-19)16-29-17-24(20(2)23-11-6-7-12-25(23)29)21(3)27(4)14-13-26(30-5)28-18-27;/h6-15,17H,2-3,16,18H2,1,4-5H3;1H4. The Morgan fingerprint density at radius 1 is 1.19 bits per heavy atom. The van der Waals surface area contributed by atoms with E-state index in [1.807, 2.05) is 6.08 Å². The summed E-state index contributed by atoms with van der Waals surface area (Å²) < 4.78 is 5.26. The molecule has 0 N–H and O–H groups in total. The second-order valence-electron chi connectivity index (χ2n) is 8.24. The van der Waals surface area contributed by atoms with Crippen molar-refractivity contribution < 1.29 is 4.74 Å². The average Bonchev–Trinajstić information content (AvgIpc) is 2.76. The Labute approximate surface area is 186 Å². The SMILES string of the molecule is C.C=C1C(C(=C)C2(C)C=CC(OC)=NC2)=CN(Cc2cccc(C)c2)c2ccccc21. The van der Waals surface area contributed by atoms with E-state index < -0.39 is 0 Å². The molecule has 0 spiro atoms. The van der Waals surface area contributed by atoms with Gasteiger partial charge in [-0.15, -0.1) is 0 Å². The fourth-order valence-corrected chi connectivity index (χ4v) is 4.06. The zero-order chi connectivity index (χ0) is 21.3. The Morgan fingerprint density at radius 2 is 1.97 bits per heavy atom. The van der Waals surface area contributed by atoms with Gasteiger partial charge in [0.25, 0.3) is 0 Å². The molecule has 31 heavy (non-hydrogen) atoms. The summed E-state index contributed by atoms with van der Waals surface area (Å²) in [5, 5.41) is 0. The number of hydrogen-bond acceptors (Lipinski definition) is 3. The van der Waals surface area contributed by atoms with E-state index in [4.69, 9.17) is 4.74 Å². The number of nitrogens with zero attached hydrogens (tertiary/aromatic N) is 2. The first-order valence-electron chi connectivity index (χ1n) is 10.2. The molecule has 2 heterocycles. The fraction of sp³-hybridized carbons (Fsp3) is 0.250. The molecule has 2 aliphatic heterocycles. The van der Waals surface area contributed by atoms with E-state index in [-0.39, 0.29) is 12.8 Å². The monoisotopic (exact) mass is 412 g/mol. The summed E-state index contributed by atoms with van der Waals surface area (Å²) in [4.78, 5) is 6.86. The number of ether oxygens (including phenoxy) is 1. The highest BCUT2D eigenvalue weighted by molar-refractivity contribution is 5.93. The van der Waals surface area contributed by atoms with Crippen LogP contribution >= 0.6 is 0 Å². The first kappa shape index (κ1) is 22.4. The molecule has 2 aliphatic rings. The summed E-state index contributed by atoms with van der Waals surface area (Å²) in [6.45, 7) is 14.6. The van der Waals surface area contributed by atoms with E-state index in [1.54, 1.807) is 7.11 Å². The Bertz CT molecular complexity index is 1110. The predicted molar refractivity (Wildman–Crippen MR) is 133 cm³/mol. The van der Waals surface area contributed by atoms with Gasteiger partial charge in [-0.05, 0) is 35.8 Å². The van der Waals surface area contributed by atoms with Crippen LogP contribution in [0.25, 0.3) is 5.57 Å². The van der Waals surface area contributed by atoms with Crippen LogP contribution in [0.2, 0.25) is 0 Å². The van der Waals surface area contributed by atoms with Crippen LogP contribution in [0.15, 0.2) is 96.2 Å². The molecule has 2 aromatic carbocycles. The lowest BCUT2D eigenvalue weighted by Crippen LogP contribution is -2.28. The van der Waals surface area contributed by atoms with Crippen molar-refractivity contribution in [3.8, 4) is 0 Å². The number of fused-ring (bicyclic) bond motifs is 1. The maximum Gasteiger partial charge on any atom is 0.207 e. The molecular formula is C28H32N2O. The van der Waals surface area contributed by atoms with Crippen LogP contribution in [0.4, 0.5) is 5.69 Å². The van der Waals surface area contributed by atoms with Crippen molar-refractivity contribution in [3.05, 3.63) is 108 Å². The number of rotatable bonds is 4. The maximum atomic E-state index is 5.26. The van der Waals surface area contributed by atoms with Crippen molar-refractivity contribution >= 4 is 17.2 Å².